The van der Waals surface area contributed by atoms with Crippen molar-refractivity contribution in [1.29, 1.82) is 0 Å². The molecule has 0 unspecified atom stereocenters. The van der Waals surface area contributed by atoms with Gasteiger partial charge in [0.2, 0.25) is 11.8 Å². The van der Waals surface area contributed by atoms with E-state index in [-0.39, 0.29) is 17.9 Å². The van der Waals surface area contributed by atoms with Crippen molar-refractivity contribution in [2.45, 2.75) is 31.8 Å². The first kappa shape index (κ1) is 17.0. The highest BCUT2D eigenvalue weighted by Gasteiger charge is 2.30. The van der Waals surface area contributed by atoms with Gasteiger partial charge in [-0.2, -0.15) is 0 Å². The van der Waals surface area contributed by atoms with E-state index in [0.29, 0.717) is 11.7 Å². The molecular formula is C21H22N4O3. The summed E-state index contributed by atoms with van der Waals surface area (Å²) in [5, 5.41) is 3.90. The molecule has 0 radical (unpaired) electrons. The highest BCUT2D eigenvalue weighted by Crippen LogP contribution is 2.41. The Labute approximate surface area is 162 Å². The zero-order valence-corrected chi connectivity index (χ0v) is 15.9. The number of carbonyl (C=O) groups is 1. The second-order valence-electron chi connectivity index (χ2n) is 7.49. The van der Waals surface area contributed by atoms with E-state index in [1.54, 1.807) is 19.5 Å². The van der Waals surface area contributed by atoms with Crippen LogP contribution in [0.5, 0.6) is 11.6 Å². The van der Waals surface area contributed by atoms with E-state index >= 15 is 0 Å². The minimum Gasteiger partial charge on any atom is -0.489 e. The van der Waals surface area contributed by atoms with Crippen LogP contribution in [0.15, 0.2) is 30.6 Å². The van der Waals surface area contributed by atoms with E-state index in [2.05, 4.69) is 21.4 Å². The minimum atomic E-state index is 0.0528. The van der Waals surface area contributed by atoms with Gasteiger partial charge in [0.25, 0.3) is 0 Å². The molecule has 0 bridgehead atoms. The number of pyridine rings is 2. The summed E-state index contributed by atoms with van der Waals surface area (Å²) in [6.07, 6.45) is 7.84. The third-order valence-corrected chi connectivity index (χ3v) is 5.27. The van der Waals surface area contributed by atoms with Crippen LogP contribution in [0.4, 0.5) is 5.82 Å². The van der Waals surface area contributed by atoms with Crippen LogP contribution in [0.25, 0.3) is 22.2 Å². The third kappa shape index (κ3) is 3.06. The number of hydrogen-bond acceptors (Lipinski definition) is 5. The molecule has 3 aromatic heterocycles. The van der Waals surface area contributed by atoms with Crippen LogP contribution in [-0.4, -0.2) is 33.7 Å². The van der Waals surface area contributed by atoms with Gasteiger partial charge in [-0.15, -0.1) is 0 Å². The summed E-state index contributed by atoms with van der Waals surface area (Å²) in [4.78, 5) is 20.8. The average molecular weight is 378 g/mol. The molecule has 5 rings (SSSR count). The molecule has 1 amide bonds. The largest absolute Gasteiger partial charge is 0.489 e. The van der Waals surface area contributed by atoms with Crippen LogP contribution in [0, 0.1) is 5.92 Å². The Morgan fingerprint density at radius 3 is 2.75 bits per heavy atom. The summed E-state index contributed by atoms with van der Waals surface area (Å²) in [5.74, 6) is 2.08. The predicted octanol–water partition coefficient (Wildman–Crippen LogP) is 3.53. The Bertz CT molecular complexity index is 1070. The summed E-state index contributed by atoms with van der Waals surface area (Å²) in [5.41, 5.74) is 2.73. The SMILES string of the molecule is COc1nccc(OC2CC2)c1-c1cc2cc(NC(=O)C3CC3)ncc2n1C. The van der Waals surface area contributed by atoms with Gasteiger partial charge in [0.15, 0.2) is 0 Å². The van der Waals surface area contributed by atoms with Gasteiger partial charge in [0, 0.05) is 24.5 Å². The number of anilines is 1. The number of hydrogen-bond donors (Lipinski definition) is 1. The lowest BCUT2D eigenvalue weighted by Gasteiger charge is -2.14. The number of amides is 1. The van der Waals surface area contributed by atoms with E-state index in [1.807, 2.05) is 23.7 Å². The molecule has 0 saturated heterocycles. The van der Waals surface area contributed by atoms with Gasteiger partial charge in [-0.3, -0.25) is 4.79 Å². The number of aromatic nitrogens is 3. The lowest BCUT2D eigenvalue weighted by molar-refractivity contribution is -0.117. The number of ether oxygens (including phenoxy) is 2. The first-order valence-corrected chi connectivity index (χ1v) is 9.60. The maximum Gasteiger partial charge on any atom is 0.228 e. The third-order valence-electron chi connectivity index (χ3n) is 5.27. The molecular weight excluding hydrogens is 356 g/mol. The molecule has 3 aromatic rings. The van der Waals surface area contributed by atoms with Crippen molar-refractivity contribution in [2.75, 3.05) is 12.4 Å². The maximum atomic E-state index is 12.0. The van der Waals surface area contributed by atoms with E-state index in [4.69, 9.17) is 9.47 Å². The molecule has 2 saturated carbocycles. The van der Waals surface area contributed by atoms with Crippen molar-refractivity contribution in [3.8, 4) is 22.9 Å². The Morgan fingerprint density at radius 1 is 1.21 bits per heavy atom. The number of fused-ring (bicyclic) bond motifs is 1. The first-order chi connectivity index (χ1) is 13.6. The topological polar surface area (TPSA) is 78.3 Å². The van der Waals surface area contributed by atoms with Crippen LogP contribution >= 0.6 is 0 Å². The zero-order valence-electron chi connectivity index (χ0n) is 15.9. The van der Waals surface area contributed by atoms with E-state index < -0.39 is 0 Å². The smallest absolute Gasteiger partial charge is 0.228 e. The van der Waals surface area contributed by atoms with Crippen molar-refractivity contribution >= 4 is 22.6 Å². The Balaban J connectivity index is 1.57. The molecule has 7 nitrogen and oxygen atoms in total. The van der Waals surface area contributed by atoms with E-state index in [9.17, 15) is 4.79 Å². The molecule has 28 heavy (non-hydrogen) atoms. The number of rotatable bonds is 6. The summed E-state index contributed by atoms with van der Waals surface area (Å²) in [7, 11) is 3.59. The van der Waals surface area contributed by atoms with Gasteiger partial charge in [-0.05, 0) is 43.9 Å². The lowest BCUT2D eigenvalue weighted by atomic mass is 10.1. The minimum absolute atomic E-state index is 0.0528. The fourth-order valence-electron chi connectivity index (χ4n) is 3.40. The number of nitrogens with zero attached hydrogens (tertiary/aromatic N) is 3. The predicted molar refractivity (Wildman–Crippen MR) is 106 cm³/mol. The highest BCUT2D eigenvalue weighted by atomic mass is 16.5. The summed E-state index contributed by atoms with van der Waals surface area (Å²) < 4.78 is 13.7. The Hall–Kier alpha value is -3.09. The summed E-state index contributed by atoms with van der Waals surface area (Å²) >= 11 is 0. The molecule has 2 aliphatic rings. The van der Waals surface area contributed by atoms with Gasteiger partial charge in [-0.25, -0.2) is 9.97 Å². The number of aryl methyl sites for hydroxylation is 1. The van der Waals surface area contributed by atoms with Crippen molar-refractivity contribution < 1.29 is 14.3 Å². The first-order valence-electron chi connectivity index (χ1n) is 9.60. The number of nitrogens with one attached hydrogen (secondary N) is 1. The lowest BCUT2D eigenvalue weighted by Crippen LogP contribution is -2.14. The fourth-order valence-corrected chi connectivity index (χ4v) is 3.40. The maximum absolute atomic E-state index is 12.0. The van der Waals surface area contributed by atoms with Gasteiger partial charge in [0.1, 0.15) is 17.1 Å². The second kappa shape index (κ2) is 6.51. The van der Waals surface area contributed by atoms with Crippen molar-refractivity contribution in [1.82, 2.24) is 14.5 Å². The van der Waals surface area contributed by atoms with Crippen LogP contribution in [0.2, 0.25) is 0 Å². The number of carbonyl (C=O) groups excluding carboxylic acids is 1. The van der Waals surface area contributed by atoms with Crippen molar-refractivity contribution in [2.24, 2.45) is 13.0 Å². The van der Waals surface area contributed by atoms with Crippen molar-refractivity contribution in [3.63, 3.8) is 0 Å². The molecule has 2 aliphatic carbocycles. The van der Waals surface area contributed by atoms with Gasteiger partial charge in [-0.1, -0.05) is 0 Å². The standard InChI is InChI=1S/C21H22N4O3/c1-25-15(19-17(28-14-5-6-14)7-8-22-21(19)27-2)9-13-10-18(23-11-16(13)25)24-20(26)12-3-4-12/h7-12,14H,3-6H2,1-2H3,(H,23,24,26). The van der Waals surface area contributed by atoms with Crippen molar-refractivity contribution in [3.05, 3.63) is 30.6 Å². The molecule has 0 spiro atoms. The van der Waals surface area contributed by atoms with Crippen LogP contribution in [-0.2, 0) is 11.8 Å². The molecule has 144 valence electrons. The average Bonchev–Trinajstić information content (AvgIpc) is 3.60. The van der Waals surface area contributed by atoms with Gasteiger partial charge < -0.3 is 19.4 Å². The molecule has 0 aliphatic heterocycles. The molecule has 3 heterocycles. The van der Waals surface area contributed by atoms with Crippen LogP contribution < -0.4 is 14.8 Å². The van der Waals surface area contributed by atoms with Crippen LogP contribution in [0.3, 0.4) is 0 Å². The fraction of sp³-hybridized carbons (Fsp3) is 0.381. The molecule has 0 atom stereocenters. The molecule has 7 heteroatoms. The quantitative estimate of drug-likeness (QED) is 0.710. The van der Waals surface area contributed by atoms with Gasteiger partial charge in [0.05, 0.1) is 30.6 Å². The van der Waals surface area contributed by atoms with Crippen LogP contribution in [0.1, 0.15) is 25.7 Å². The number of methoxy groups -OCH3 is 1. The summed E-state index contributed by atoms with van der Waals surface area (Å²) in [6, 6.07) is 5.85. The Morgan fingerprint density at radius 2 is 2.04 bits per heavy atom. The second-order valence-corrected chi connectivity index (χ2v) is 7.49. The normalized spacial score (nSPS) is 16.2. The monoisotopic (exact) mass is 378 g/mol. The highest BCUT2D eigenvalue weighted by molar-refractivity contribution is 5.96. The molecule has 1 N–H and O–H groups in total. The summed E-state index contributed by atoms with van der Waals surface area (Å²) in [6.45, 7) is 0. The van der Waals surface area contributed by atoms with Gasteiger partial charge >= 0.3 is 0 Å². The molecule has 0 aromatic carbocycles. The van der Waals surface area contributed by atoms with E-state index in [1.165, 1.54) is 0 Å². The Kier molecular flexibility index (Phi) is 3.96. The molecule has 2 fully saturated rings. The zero-order chi connectivity index (χ0) is 19.3. The van der Waals surface area contributed by atoms with E-state index in [0.717, 1.165) is 53.6 Å².